The normalized spacial score (nSPS) is 12.7. The molecule has 0 unspecified atom stereocenters. The van der Waals surface area contributed by atoms with Crippen molar-refractivity contribution in [1.82, 2.24) is 9.78 Å². The van der Waals surface area contributed by atoms with Crippen LogP contribution in [0.3, 0.4) is 0 Å². The first-order chi connectivity index (χ1) is 7.87. The number of aromatic nitrogens is 2. The standard InChI is InChI=1S/C14H26N2O/c1-6-16-10-13(9-15-16)14(17,7-11(2)3)8-12(4)5/h9-12,17H,6-8H2,1-5H3. The Hall–Kier alpha value is -0.830. The highest BCUT2D eigenvalue weighted by molar-refractivity contribution is 5.15. The van der Waals surface area contributed by atoms with E-state index in [0.717, 1.165) is 24.9 Å². The van der Waals surface area contributed by atoms with E-state index in [9.17, 15) is 5.11 Å². The van der Waals surface area contributed by atoms with Crippen LogP contribution < -0.4 is 0 Å². The molecule has 0 bridgehead atoms. The lowest BCUT2D eigenvalue weighted by Crippen LogP contribution is -2.29. The molecule has 98 valence electrons. The molecule has 0 fully saturated rings. The number of hydrogen-bond acceptors (Lipinski definition) is 2. The van der Waals surface area contributed by atoms with Crippen molar-refractivity contribution in [1.29, 1.82) is 0 Å². The van der Waals surface area contributed by atoms with E-state index in [1.165, 1.54) is 0 Å². The van der Waals surface area contributed by atoms with E-state index in [1.54, 1.807) is 0 Å². The number of hydrogen-bond donors (Lipinski definition) is 1. The van der Waals surface area contributed by atoms with E-state index in [2.05, 4.69) is 39.7 Å². The molecular formula is C14H26N2O. The molecular weight excluding hydrogens is 212 g/mol. The maximum Gasteiger partial charge on any atom is 0.0931 e. The summed E-state index contributed by atoms with van der Waals surface area (Å²) in [4.78, 5) is 0. The van der Waals surface area contributed by atoms with Crippen LogP contribution >= 0.6 is 0 Å². The summed E-state index contributed by atoms with van der Waals surface area (Å²) in [6, 6.07) is 0. The zero-order valence-corrected chi connectivity index (χ0v) is 11.8. The molecule has 0 aliphatic rings. The molecule has 1 N–H and O–H groups in total. The summed E-state index contributed by atoms with van der Waals surface area (Å²) in [7, 11) is 0. The van der Waals surface area contributed by atoms with Gasteiger partial charge in [-0.2, -0.15) is 5.10 Å². The Labute approximate surface area is 105 Å². The maximum absolute atomic E-state index is 10.9. The molecule has 0 atom stereocenters. The summed E-state index contributed by atoms with van der Waals surface area (Å²) in [5, 5.41) is 15.2. The van der Waals surface area contributed by atoms with Crippen LogP contribution in [0.5, 0.6) is 0 Å². The minimum atomic E-state index is -0.726. The van der Waals surface area contributed by atoms with Gasteiger partial charge in [0.05, 0.1) is 11.8 Å². The lowest BCUT2D eigenvalue weighted by Gasteiger charge is -2.30. The van der Waals surface area contributed by atoms with Crippen molar-refractivity contribution in [2.24, 2.45) is 11.8 Å². The number of aryl methyl sites for hydroxylation is 1. The molecule has 0 saturated carbocycles. The Kier molecular flexibility index (Phi) is 4.75. The fourth-order valence-electron chi connectivity index (χ4n) is 2.45. The van der Waals surface area contributed by atoms with Gasteiger partial charge in [0.25, 0.3) is 0 Å². The number of rotatable bonds is 6. The van der Waals surface area contributed by atoms with Gasteiger partial charge in [-0.3, -0.25) is 4.68 Å². The second-order valence-electron chi connectivity index (χ2n) is 5.81. The molecule has 17 heavy (non-hydrogen) atoms. The van der Waals surface area contributed by atoms with E-state index >= 15 is 0 Å². The zero-order chi connectivity index (χ0) is 13.1. The van der Waals surface area contributed by atoms with Crippen LogP contribution in [0.25, 0.3) is 0 Å². The second kappa shape index (κ2) is 5.67. The average molecular weight is 238 g/mol. The Morgan fingerprint density at radius 3 is 2.12 bits per heavy atom. The molecule has 1 aromatic rings. The molecule has 0 spiro atoms. The smallest absolute Gasteiger partial charge is 0.0931 e. The zero-order valence-electron chi connectivity index (χ0n) is 11.8. The molecule has 1 heterocycles. The highest BCUT2D eigenvalue weighted by atomic mass is 16.3. The maximum atomic E-state index is 10.9. The van der Waals surface area contributed by atoms with Gasteiger partial charge >= 0.3 is 0 Å². The van der Waals surface area contributed by atoms with Crippen molar-refractivity contribution in [3.8, 4) is 0 Å². The van der Waals surface area contributed by atoms with E-state index < -0.39 is 5.60 Å². The van der Waals surface area contributed by atoms with Gasteiger partial charge in [0, 0.05) is 18.3 Å². The first-order valence-corrected chi connectivity index (χ1v) is 6.62. The molecule has 0 radical (unpaired) electrons. The van der Waals surface area contributed by atoms with Crippen molar-refractivity contribution in [2.45, 2.75) is 59.6 Å². The first kappa shape index (κ1) is 14.2. The molecule has 0 aromatic carbocycles. The Balaban J connectivity index is 2.95. The average Bonchev–Trinajstić information content (AvgIpc) is 2.63. The van der Waals surface area contributed by atoms with Gasteiger partial charge in [0.1, 0.15) is 0 Å². The summed E-state index contributed by atoms with van der Waals surface area (Å²) in [5.41, 5.74) is 0.234. The third kappa shape index (κ3) is 3.84. The Morgan fingerprint density at radius 1 is 1.24 bits per heavy atom. The summed E-state index contributed by atoms with van der Waals surface area (Å²) < 4.78 is 1.88. The molecule has 3 nitrogen and oxygen atoms in total. The van der Waals surface area contributed by atoms with Gasteiger partial charge in [0.2, 0.25) is 0 Å². The summed E-state index contributed by atoms with van der Waals surface area (Å²) in [5.74, 6) is 0.951. The second-order valence-corrected chi connectivity index (χ2v) is 5.81. The predicted molar refractivity (Wildman–Crippen MR) is 70.7 cm³/mol. The lowest BCUT2D eigenvalue weighted by atomic mass is 9.81. The van der Waals surface area contributed by atoms with Crippen LogP contribution in [0.1, 0.15) is 53.0 Å². The Bertz CT molecular complexity index is 332. The SMILES string of the molecule is CCn1cc(C(O)(CC(C)C)CC(C)C)cn1. The summed E-state index contributed by atoms with van der Waals surface area (Å²) >= 11 is 0. The van der Waals surface area contributed by atoms with Crippen LogP contribution in [-0.2, 0) is 12.1 Å². The third-order valence-corrected chi connectivity index (χ3v) is 2.99. The van der Waals surface area contributed by atoms with Crippen molar-refractivity contribution in [3.63, 3.8) is 0 Å². The molecule has 0 saturated heterocycles. The van der Waals surface area contributed by atoms with Crippen LogP contribution in [-0.4, -0.2) is 14.9 Å². The fourth-order valence-corrected chi connectivity index (χ4v) is 2.45. The van der Waals surface area contributed by atoms with Crippen LogP contribution in [0.4, 0.5) is 0 Å². The van der Waals surface area contributed by atoms with Crippen LogP contribution in [0.15, 0.2) is 12.4 Å². The van der Waals surface area contributed by atoms with Crippen molar-refractivity contribution in [3.05, 3.63) is 18.0 Å². The molecule has 1 rings (SSSR count). The minimum Gasteiger partial charge on any atom is -0.385 e. The van der Waals surface area contributed by atoms with E-state index in [0.29, 0.717) is 11.8 Å². The van der Waals surface area contributed by atoms with Crippen molar-refractivity contribution < 1.29 is 5.11 Å². The topological polar surface area (TPSA) is 38.0 Å². The fraction of sp³-hybridized carbons (Fsp3) is 0.786. The van der Waals surface area contributed by atoms with Crippen LogP contribution in [0, 0.1) is 11.8 Å². The van der Waals surface area contributed by atoms with Gasteiger partial charge in [-0.05, 0) is 31.6 Å². The Morgan fingerprint density at radius 2 is 1.76 bits per heavy atom. The van der Waals surface area contributed by atoms with Crippen molar-refractivity contribution in [2.75, 3.05) is 0 Å². The van der Waals surface area contributed by atoms with E-state index in [-0.39, 0.29) is 0 Å². The summed E-state index contributed by atoms with van der Waals surface area (Å²) in [6.45, 7) is 11.5. The van der Waals surface area contributed by atoms with Gasteiger partial charge in [-0.1, -0.05) is 27.7 Å². The highest BCUT2D eigenvalue weighted by Gasteiger charge is 2.32. The van der Waals surface area contributed by atoms with Gasteiger partial charge < -0.3 is 5.11 Å². The van der Waals surface area contributed by atoms with Gasteiger partial charge in [0.15, 0.2) is 0 Å². The number of nitrogens with zero attached hydrogens (tertiary/aromatic N) is 2. The van der Waals surface area contributed by atoms with E-state index in [1.807, 2.05) is 17.1 Å². The molecule has 0 aliphatic carbocycles. The molecule has 3 heteroatoms. The van der Waals surface area contributed by atoms with Gasteiger partial charge in [-0.15, -0.1) is 0 Å². The van der Waals surface area contributed by atoms with Gasteiger partial charge in [-0.25, -0.2) is 0 Å². The minimum absolute atomic E-state index is 0.476. The molecule has 0 amide bonds. The van der Waals surface area contributed by atoms with Crippen molar-refractivity contribution >= 4 is 0 Å². The third-order valence-electron chi connectivity index (χ3n) is 2.99. The molecule has 1 aromatic heterocycles. The lowest BCUT2D eigenvalue weighted by molar-refractivity contribution is -0.00457. The predicted octanol–water partition coefficient (Wildman–Crippen LogP) is 3.18. The number of aliphatic hydroxyl groups is 1. The van der Waals surface area contributed by atoms with Crippen LogP contribution in [0.2, 0.25) is 0 Å². The summed E-state index contributed by atoms with van der Waals surface area (Å²) in [6.07, 6.45) is 5.38. The highest BCUT2D eigenvalue weighted by Crippen LogP contribution is 2.34. The molecule has 0 aliphatic heterocycles. The largest absolute Gasteiger partial charge is 0.385 e. The first-order valence-electron chi connectivity index (χ1n) is 6.62. The quantitative estimate of drug-likeness (QED) is 0.826. The monoisotopic (exact) mass is 238 g/mol. The van der Waals surface area contributed by atoms with E-state index in [4.69, 9.17) is 0 Å².